The average Bonchev–Trinajstić information content (AvgIpc) is 3.74. The van der Waals surface area contributed by atoms with Crippen molar-refractivity contribution in [3.63, 3.8) is 0 Å². The molecule has 7 aromatic carbocycles. The second-order valence-electron chi connectivity index (χ2n) is 14.9. The van der Waals surface area contributed by atoms with Crippen molar-refractivity contribution in [1.82, 2.24) is 5.32 Å². The Kier molecular flexibility index (Phi) is 7.28. The first-order valence-corrected chi connectivity index (χ1v) is 19.2. The largest absolute Gasteiger partial charge is 0.328 e. The third kappa shape index (κ3) is 4.97. The van der Waals surface area contributed by atoms with Gasteiger partial charge in [-0.1, -0.05) is 188 Å². The fourth-order valence-electron chi connectivity index (χ4n) is 9.32. The zero-order valence-electron chi connectivity index (χ0n) is 30.2. The van der Waals surface area contributed by atoms with Gasteiger partial charge in [0.1, 0.15) is 11.7 Å². The van der Waals surface area contributed by atoms with Gasteiger partial charge in [-0.25, -0.2) is 9.98 Å². The molecule has 2 unspecified atom stereocenters. The van der Waals surface area contributed by atoms with Crippen LogP contribution in [0.4, 0.5) is 0 Å². The van der Waals surface area contributed by atoms with Crippen LogP contribution < -0.4 is 5.32 Å². The van der Waals surface area contributed by atoms with Gasteiger partial charge >= 0.3 is 0 Å². The average molecular weight is 704 g/mol. The first kappa shape index (κ1) is 31.7. The van der Waals surface area contributed by atoms with E-state index in [1.165, 1.54) is 66.8 Å². The van der Waals surface area contributed by atoms with E-state index in [-0.39, 0.29) is 17.5 Å². The Morgan fingerprint density at radius 2 is 0.964 bits per heavy atom. The van der Waals surface area contributed by atoms with Gasteiger partial charge < -0.3 is 5.32 Å². The highest BCUT2D eigenvalue weighted by atomic mass is 15.2. The van der Waals surface area contributed by atoms with E-state index in [4.69, 9.17) is 9.98 Å². The summed E-state index contributed by atoms with van der Waals surface area (Å²) in [7, 11) is 0. The fourth-order valence-corrected chi connectivity index (χ4v) is 9.32. The Morgan fingerprint density at radius 3 is 1.56 bits per heavy atom. The number of aliphatic imine (C=N–C) groups is 2. The van der Waals surface area contributed by atoms with Gasteiger partial charge in [0.15, 0.2) is 6.17 Å². The molecule has 1 heterocycles. The molecule has 4 aliphatic rings. The van der Waals surface area contributed by atoms with Gasteiger partial charge in [-0.2, -0.15) is 0 Å². The van der Waals surface area contributed by atoms with Crippen molar-refractivity contribution in [3.8, 4) is 44.5 Å². The number of nitrogens with zero attached hydrogens (tertiary/aromatic N) is 2. The minimum Gasteiger partial charge on any atom is -0.328 e. The number of benzene rings is 7. The van der Waals surface area contributed by atoms with E-state index in [2.05, 4.69) is 193 Å². The molecule has 0 saturated carbocycles. The summed E-state index contributed by atoms with van der Waals surface area (Å²) in [5, 5.41) is 3.59. The Morgan fingerprint density at radius 1 is 0.455 bits per heavy atom. The molecule has 7 aromatic rings. The predicted molar refractivity (Wildman–Crippen MR) is 226 cm³/mol. The predicted octanol–water partition coefficient (Wildman–Crippen LogP) is 11.9. The lowest BCUT2D eigenvalue weighted by Crippen LogP contribution is -2.39. The molecule has 3 heteroatoms. The Hall–Kier alpha value is -6.84. The summed E-state index contributed by atoms with van der Waals surface area (Å²) in [5.74, 6) is 2.02. The highest BCUT2D eigenvalue weighted by Gasteiger charge is 2.51. The summed E-state index contributed by atoms with van der Waals surface area (Å²) < 4.78 is 0. The standard InChI is InChI=1S/C52H37N3/c1-3-13-37(14-4-1)49-53-50(38-15-5-2-6-16-38)55-51(54-49)39-29-27-35(28-30-39)34-23-25-36(26-24-34)40-31-32-48-44(33-40)43-19-9-12-22-47(43)52(48)45-20-10-7-17-41(45)42-18-8-11-21-46(42)52/h1-15,17-33,38,49H,16H2,(H,53,54,55). The number of hydrogen-bond donors (Lipinski definition) is 1. The number of hydrogen-bond acceptors (Lipinski definition) is 3. The van der Waals surface area contributed by atoms with Gasteiger partial charge in [0.2, 0.25) is 0 Å². The molecule has 0 fully saturated rings. The van der Waals surface area contributed by atoms with E-state index >= 15 is 0 Å². The topological polar surface area (TPSA) is 36.8 Å². The molecule has 55 heavy (non-hydrogen) atoms. The van der Waals surface area contributed by atoms with Crippen molar-refractivity contribution in [3.05, 3.63) is 228 Å². The van der Waals surface area contributed by atoms with E-state index < -0.39 is 0 Å². The van der Waals surface area contributed by atoms with Crippen LogP contribution in [0.1, 0.15) is 46.0 Å². The van der Waals surface area contributed by atoms with E-state index in [1.807, 2.05) is 6.07 Å². The number of fused-ring (bicyclic) bond motifs is 10. The molecule has 0 radical (unpaired) electrons. The molecule has 0 aromatic heterocycles. The summed E-state index contributed by atoms with van der Waals surface area (Å²) in [4.78, 5) is 10.1. The molecule has 0 amide bonds. The highest BCUT2D eigenvalue weighted by molar-refractivity contribution is 6.11. The lowest BCUT2D eigenvalue weighted by molar-refractivity contribution is 0.721. The second-order valence-corrected chi connectivity index (χ2v) is 14.9. The van der Waals surface area contributed by atoms with Gasteiger partial charge in [-0.3, -0.25) is 0 Å². The van der Waals surface area contributed by atoms with E-state index in [9.17, 15) is 0 Å². The number of rotatable bonds is 5. The van der Waals surface area contributed by atoms with Crippen molar-refractivity contribution in [1.29, 1.82) is 0 Å². The molecule has 11 rings (SSSR count). The third-order valence-corrected chi connectivity index (χ3v) is 11.9. The summed E-state index contributed by atoms with van der Waals surface area (Å²) in [6, 6.07) is 62.2. The van der Waals surface area contributed by atoms with Gasteiger partial charge in [0.25, 0.3) is 0 Å². The molecule has 1 spiro atoms. The maximum absolute atomic E-state index is 5.08. The van der Waals surface area contributed by atoms with Crippen LogP contribution in [-0.2, 0) is 5.41 Å². The molecule has 1 aliphatic heterocycles. The molecular formula is C52H37N3. The monoisotopic (exact) mass is 703 g/mol. The molecule has 1 N–H and O–H groups in total. The van der Waals surface area contributed by atoms with Crippen LogP contribution in [0.3, 0.4) is 0 Å². The van der Waals surface area contributed by atoms with Crippen LogP contribution >= 0.6 is 0 Å². The normalized spacial score (nSPS) is 18.1. The summed E-state index contributed by atoms with van der Waals surface area (Å²) in [5.41, 5.74) is 17.4. The van der Waals surface area contributed by atoms with Gasteiger partial charge in [-0.15, -0.1) is 0 Å². The van der Waals surface area contributed by atoms with Crippen molar-refractivity contribution < 1.29 is 0 Å². The summed E-state index contributed by atoms with van der Waals surface area (Å²) in [6.45, 7) is 0. The molecule has 2 atom stereocenters. The summed E-state index contributed by atoms with van der Waals surface area (Å²) >= 11 is 0. The molecule has 0 saturated heterocycles. The van der Waals surface area contributed by atoms with Crippen LogP contribution in [0.2, 0.25) is 0 Å². The number of nitrogens with one attached hydrogen (secondary N) is 1. The maximum Gasteiger partial charge on any atom is 0.169 e. The Labute approximate surface area is 321 Å². The molecule has 3 aliphatic carbocycles. The van der Waals surface area contributed by atoms with Crippen molar-refractivity contribution in [2.75, 3.05) is 0 Å². The van der Waals surface area contributed by atoms with Crippen LogP contribution in [-0.4, -0.2) is 11.7 Å². The Bertz CT molecular complexity index is 2700. The highest BCUT2D eigenvalue weighted by Crippen LogP contribution is 2.62. The van der Waals surface area contributed by atoms with E-state index in [0.29, 0.717) is 0 Å². The zero-order valence-corrected chi connectivity index (χ0v) is 30.2. The lowest BCUT2D eigenvalue weighted by atomic mass is 9.70. The first-order valence-electron chi connectivity index (χ1n) is 19.2. The van der Waals surface area contributed by atoms with Crippen molar-refractivity contribution in [2.45, 2.75) is 18.0 Å². The minimum atomic E-state index is -0.312. The van der Waals surface area contributed by atoms with Crippen LogP contribution in [0.15, 0.2) is 204 Å². The smallest absolute Gasteiger partial charge is 0.169 e. The van der Waals surface area contributed by atoms with E-state index in [1.54, 1.807) is 0 Å². The SMILES string of the molecule is C1=CCC(C2=NC(c3ccccc3)N=C(c3ccc(-c4ccc(-c5ccc6c(c5)-c5ccccc5C65c6ccccc6-c6ccccc65)cc4)cc3)N2)C=C1. The number of amidine groups is 2. The fraction of sp³-hybridized carbons (Fsp3) is 0.0769. The first-order chi connectivity index (χ1) is 27.3. The minimum absolute atomic E-state index is 0.206. The van der Waals surface area contributed by atoms with E-state index in [0.717, 1.165) is 29.2 Å². The third-order valence-electron chi connectivity index (χ3n) is 11.9. The van der Waals surface area contributed by atoms with Crippen molar-refractivity contribution >= 4 is 11.7 Å². The van der Waals surface area contributed by atoms with Gasteiger partial charge in [0.05, 0.1) is 5.41 Å². The van der Waals surface area contributed by atoms with Crippen LogP contribution in [0.5, 0.6) is 0 Å². The Balaban J connectivity index is 0.905. The van der Waals surface area contributed by atoms with Crippen LogP contribution in [0, 0.1) is 5.92 Å². The van der Waals surface area contributed by atoms with Gasteiger partial charge in [0, 0.05) is 11.5 Å². The zero-order chi connectivity index (χ0) is 36.3. The quantitative estimate of drug-likeness (QED) is 0.190. The van der Waals surface area contributed by atoms with Crippen molar-refractivity contribution in [2.24, 2.45) is 15.9 Å². The van der Waals surface area contributed by atoms with Gasteiger partial charge in [-0.05, 0) is 84.8 Å². The molecule has 0 bridgehead atoms. The van der Waals surface area contributed by atoms with Crippen LogP contribution in [0.25, 0.3) is 44.5 Å². The maximum atomic E-state index is 5.08. The summed E-state index contributed by atoms with van der Waals surface area (Å²) in [6.07, 6.45) is 9.27. The lowest BCUT2D eigenvalue weighted by Gasteiger charge is -2.30. The number of allylic oxidation sites excluding steroid dienone is 3. The second kappa shape index (κ2) is 12.6. The molecule has 3 nitrogen and oxygen atoms in total. The molecular weight excluding hydrogens is 667 g/mol. The molecule has 260 valence electrons.